The molecule has 0 spiro atoms. The predicted octanol–water partition coefficient (Wildman–Crippen LogP) is 5.26. The molecule has 0 bridgehead atoms. The van der Waals surface area contributed by atoms with Crippen LogP contribution in [0.15, 0.2) is 42.7 Å². The van der Waals surface area contributed by atoms with Crippen molar-refractivity contribution in [3.05, 3.63) is 64.6 Å². The second-order valence-electron chi connectivity index (χ2n) is 6.85. The minimum atomic E-state index is 0.372. The first-order chi connectivity index (χ1) is 12.1. The Morgan fingerprint density at radius 1 is 1.24 bits per heavy atom. The molecule has 1 aliphatic rings. The molecule has 3 aromatic rings. The highest BCUT2D eigenvalue weighted by atomic mass is 35.5. The van der Waals surface area contributed by atoms with Crippen LogP contribution in [0.2, 0.25) is 5.02 Å². The lowest BCUT2D eigenvalue weighted by Gasteiger charge is -2.31. The molecular weight excluding hydrogens is 330 g/mol. The summed E-state index contributed by atoms with van der Waals surface area (Å²) in [4.78, 5) is 6.53. The number of halogens is 1. The molecule has 4 rings (SSSR count). The zero-order valence-corrected chi connectivity index (χ0v) is 15.6. The maximum Gasteiger partial charge on any atom is 0.0530 e. The van der Waals surface area contributed by atoms with Crippen molar-refractivity contribution in [2.45, 2.75) is 26.3 Å². The average Bonchev–Trinajstić information content (AvgIpc) is 2.92. The van der Waals surface area contributed by atoms with Gasteiger partial charge in [0, 0.05) is 47.3 Å². The molecule has 1 aromatic carbocycles. The Balaban J connectivity index is 1.97. The molecule has 0 amide bonds. The number of allylic oxidation sites excluding steroid dienone is 1. The third-order valence-corrected chi connectivity index (χ3v) is 5.58. The van der Waals surface area contributed by atoms with E-state index in [1.807, 2.05) is 18.5 Å². The van der Waals surface area contributed by atoms with Crippen molar-refractivity contribution in [2.24, 2.45) is 0 Å². The Morgan fingerprint density at radius 3 is 2.76 bits per heavy atom. The van der Waals surface area contributed by atoms with Gasteiger partial charge in [0.2, 0.25) is 0 Å². The highest BCUT2D eigenvalue weighted by molar-refractivity contribution is 6.31. The van der Waals surface area contributed by atoms with Crippen LogP contribution in [0.5, 0.6) is 0 Å². The Labute approximate surface area is 153 Å². The second-order valence-corrected chi connectivity index (χ2v) is 7.29. The summed E-state index contributed by atoms with van der Waals surface area (Å²) >= 11 is 6.30. The van der Waals surface area contributed by atoms with Crippen LogP contribution in [-0.2, 0) is 6.42 Å². The van der Waals surface area contributed by atoms with Gasteiger partial charge < -0.3 is 4.57 Å². The highest BCUT2D eigenvalue weighted by Crippen LogP contribution is 2.38. The van der Waals surface area contributed by atoms with Crippen LogP contribution < -0.4 is 0 Å². The number of rotatable bonds is 2. The number of pyridine rings is 1. The van der Waals surface area contributed by atoms with E-state index in [0.717, 1.165) is 18.0 Å². The average molecular weight is 352 g/mol. The monoisotopic (exact) mass is 351 g/mol. The molecule has 0 aliphatic carbocycles. The van der Waals surface area contributed by atoms with Crippen LogP contribution in [0, 0.1) is 0 Å². The van der Waals surface area contributed by atoms with Gasteiger partial charge in [-0.05, 0) is 74.3 Å². The van der Waals surface area contributed by atoms with E-state index in [1.165, 1.54) is 33.3 Å². The van der Waals surface area contributed by atoms with Gasteiger partial charge in [-0.15, -0.1) is 0 Å². The fourth-order valence-electron chi connectivity index (χ4n) is 3.80. The fraction of sp³-hybridized carbons (Fsp3) is 0.286. The van der Waals surface area contributed by atoms with E-state index in [4.69, 9.17) is 11.6 Å². The SMILES string of the molecule is C/C(=C\n1c2c(c3cc(Cl)ccc31)CCN(C)C2C)c1ccncc1. The molecule has 1 atom stereocenters. The summed E-state index contributed by atoms with van der Waals surface area (Å²) in [5.74, 6) is 0. The van der Waals surface area contributed by atoms with Gasteiger partial charge in [-0.2, -0.15) is 0 Å². The standard InChI is InChI=1S/C21H22ClN3/c1-14(16-6-9-23-10-7-16)13-25-20-5-4-17(22)12-19(20)18-8-11-24(3)15(2)21(18)25/h4-7,9-10,12-13,15H,8,11H2,1-3H3/b14-13+. The third kappa shape index (κ3) is 2.78. The van der Waals surface area contributed by atoms with Gasteiger partial charge in [0.15, 0.2) is 0 Å². The molecule has 1 unspecified atom stereocenters. The molecule has 0 fully saturated rings. The Bertz CT molecular complexity index is 956. The summed E-state index contributed by atoms with van der Waals surface area (Å²) in [6, 6.07) is 10.7. The van der Waals surface area contributed by atoms with Crippen molar-refractivity contribution < 1.29 is 0 Å². The number of aromatic nitrogens is 2. The van der Waals surface area contributed by atoms with Crippen molar-refractivity contribution in [3.8, 4) is 0 Å². The molecule has 0 saturated heterocycles. The molecule has 3 nitrogen and oxygen atoms in total. The Hall–Kier alpha value is -2.10. The number of hydrogen-bond acceptors (Lipinski definition) is 2. The van der Waals surface area contributed by atoms with Gasteiger partial charge in [0.1, 0.15) is 0 Å². The van der Waals surface area contributed by atoms with E-state index in [1.54, 1.807) is 0 Å². The first-order valence-corrected chi connectivity index (χ1v) is 9.05. The van der Waals surface area contributed by atoms with Crippen LogP contribution in [0.3, 0.4) is 0 Å². The molecular formula is C21H22ClN3. The van der Waals surface area contributed by atoms with Crippen molar-refractivity contribution in [1.82, 2.24) is 14.5 Å². The van der Waals surface area contributed by atoms with E-state index in [0.29, 0.717) is 6.04 Å². The fourth-order valence-corrected chi connectivity index (χ4v) is 3.97. The van der Waals surface area contributed by atoms with Gasteiger partial charge >= 0.3 is 0 Å². The molecule has 4 heteroatoms. The van der Waals surface area contributed by atoms with Crippen LogP contribution in [0.25, 0.3) is 22.7 Å². The summed E-state index contributed by atoms with van der Waals surface area (Å²) in [7, 11) is 2.20. The summed E-state index contributed by atoms with van der Waals surface area (Å²) in [5.41, 5.74) is 6.44. The maximum atomic E-state index is 6.30. The van der Waals surface area contributed by atoms with Gasteiger partial charge in [0.05, 0.1) is 5.52 Å². The predicted molar refractivity (Wildman–Crippen MR) is 106 cm³/mol. The van der Waals surface area contributed by atoms with Crippen molar-refractivity contribution >= 4 is 34.3 Å². The zero-order chi connectivity index (χ0) is 17.6. The van der Waals surface area contributed by atoms with E-state index in [2.05, 4.69) is 65.8 Å². The number of hydrogen-bond donors (Lipinski definition) is 0. The van der Waals surface area contributed by atoms with Crippen molar-refractivity contribution in [1.29, 1.82) is 0 Å². The lowest BCUT2D eigenvalue weighted by atomic mass is 9.99. The third-order valence-electron chi connectivity index (χ3n) is 5.34. The Kier molecular flexibility index (Phi) is 4.14. The quantitative estimate of drug-likeness (QED) is 0.628. The summed E-state index contributed by atoms with van der Waals surface area (Å²) < 4.78 is 2.36. The van der Waals surface area contributed by atoms with Crippen molar-refractivity contribution in [3.63, 3.8) is 0 Å². The Morgan fingerprint density at radius 2 is 2.00 bits per heavy atom. The van der Waals surface area contributed by atoms with Gasteiger partial charge in [-0.25, -0.2) is 0 Å². The van der Waals surface area contributed by atoms with Crippen molar-refractivity contribution in [2.75, 3.05) is 13.6 Å². The first-order valence-electron chi connectivity index (χ1n) is 8.67. The lowest BCUT2D eigenvalue weighted by molar-refractivity contribution is 0.242. The smallest absolute Gasteiger partial charge is 0.0530 e. The zero-order valence-electron chi connectivity index (χ0n) is 14.8. The summed E-state index contributed by atoms with van der Waals surface area (Å²) in [6.07, 6.45) is 6.99. The molecule has 3 heterocycles. The van der Waals surface area contributed by atoms with Gasteiger partial charge in [-0.1, -0.05) is 11.6 Å². The molecule has 1 aliphatic heterocycles. The van der Waals surface area contributed by atoms with Crippen LogP contribution in [0.4, 0.5) is 0 Å². The molecule has 0 N–H and O–H groups in total. The summed E-state index contributed by atoms with van der Waals surface area (Å²) in [6.45, 7) is 5.51. The van der Waals surface area contributed by atoms with E-state index >= 15 is 0 Å². The number of benzene rings is 1. The van der Waals surface area contributed by atoms with Gasteiger partial charge in [-0.3, -0.25) is 9.88 Å². The lowest BCUT2D eigenvalue weighted by Crippen LogP contribution is -2.31. The van der Waals surface area contributed by atoms with E-state index in [9.17, 15) is 0 Å². The number of nitrogens with zero attached hydrogens (tertiary/aromatic N) is 3. The van der Waals surface area contributed by atoms with E-state index < -0.39 is 0 Å². The number of likely N-dealkylation sites (N-methyl/N-ethyl adjacent to an activating group) is 1. The topological polar surface area (TPSA) is 21.1 Å². The molecule has 25 heavy (non-hydrogen) atoms. The molecule has 128 valence electrons. The first kappa shape index (κ1) is 16.4. The normalized spacial score (nSPS) is 18.6. The van der Waals surface area contributed by atoms with Crippen LogP contribution in [0.1, 0.15) is 36.7 Å². The highest BCUT2D eigenvalue weighted by Gasteiger charge is 2.27. The van der Waals surface area contributed by atoms with Crippen LogP contribution in [-0.4, -0.2) is 28.0 Å². The minimum Gasteiger partial charge on any atom is -0.318 e. The van der Waals surface area contributed by atoms with Gasteiger partial charge in [0.25, 0.3) is 0 Å². The number of fused-ring (bicyclic) bond motifs is 3. The maximum absolute atomic E-state index is 6.30. The molecule has 2 aromatic heterocycles. The molecule has 0 saturated carbocycles. The molecule has 0 radical (unpaired) electrons. The second kappa shape index (κ2) is 6.32. The summed E-state index contributed by atoms with van der Waals surface area (Å²) in [5, 5.41) is 2.08. The minimum absolute atomic E-state index is 0.372. The largest absolute Gasteiger partial charge is 0.318 e. The van der Waals surface area contributed by atoms with Crippen LogP contribution >= 0.6 is 11.6 Å². The van der Waals surface area contributed by atoms with E-state index in [-0.39, 0.29) is 0 Å².